The van der Waals surface area contributed by atoms with E-state index in [2.05, 4.69) is 34.6 Å². The molecule has 1 atom stereocenters. The van der Waals surface area contributed by atoms with Gasteiger partial charge >= 0.3 is 0 Å². The first-order chi connectivity index (χ1) is 8.79. The molecule has 1 aromatic heterocycles. The van der Waals surface area contributed by atoms with E-state index in [1.165, 1.54) is 0 Å². The van der Waals surface area contributed by atoms with Crippen molar-refractivity contribution in [1.82, 2.24) is 25.5 Å². The standard InChI is InChI=1S/C13H19N5/c1-3-14-9-11(2)10-18-16-13(15-17-18)12-7-5-4-6-8-12/h4-8,11,14H,3,9-10H2,1-2H3. The van der Waals surface area contributed by atoms with Gasteiger partial charge in [0.2, 0.25) is 5.82 Å². The summed E-state index contributed by atoms with van der Waals surface area (Å²) in [5.41, 5.74) is 1.00. The Morgan fingerprint density at radius 3 is 2.78 bits per heavy atom. The Morgan fingerprint density at radius 2 is 2.06 bits per heavy atom. The van der Waals surface area contributed by atoms with Gasteiger partial charge in [-0.15, -0.1) is 10.2 Å². The summed E-state index contributed by atoms with van der Waals surface area (Å²) in [7, 11) is 0. The minimum Gasteiger partial charge on any atom is -0.317 e. The molecule has 0 fully saturated rings. The molecule has 5 nitrogen and oxygen atoms in total. The van der Waals surface area contributed by atoms with Gasteiger partial charge in [-0.05, 0) is 24.2 Å². The van der Waals surface area contributed by atoms with Crippen molar-refractivity contribution < 1.29 is 0 Å². The number of nitrogens with one attached hydrogen (secondary N) is 1. The summed E-state index contributed by atoms with van der Waals surface area (Å²) in [6.07, 6.45) is 0. The molecule has 1 heterocycles. The maximum Gasteiger partial charge on any atom is 0.204 e. The molecular formula is C13H19N5. The molecule has 2 rings (SSSR count). The lowest BCUT2D eigenvalue weighted by atomic mass is 10.2. The quantitative estimate of drug-likeness (QED) is 0.839. The summed E-state index contributed by atoms with van der Waals surface area (Å²) in [6.45, 7) is 7.03. The predicted molar refractivity (Wildman–Crippen MR) is 71.0 cm³/mol. The van der Waals surface area contributed by atoms with Gasteiger partial charge in [-0.3, -0.25) is 0 Å². The Hall–Kier alpha value is -1.75. The van der Waals surface area contributed by atoms with Crippen LogP contribution in [0.15, 0.2) is 30.3 Å². The molecule has 5 heteroatoms. The average molecular weight is 245 g/mol. The lowest BCUT2D eigenvalue weighted by Gasteiger charge is -2.09. The molecule has 0 aliphatic carbocycles. The highest BCUT2D eigenvalue weighted by molar-refractivity contribution is 5.52. The van der Waals surface area contributed by atoms with E-state index in [0.717, 1.165) is 25.2 Å². The van der Waals surface area contributed by atoms with Crippen molar-refractivity contribution in [3.05, 3.63) is 30.3 Å². The van der Waals surface area contributed by atoms with Crippen LogP contribution in [0.3, 0.4) is 0 Å². The smallest absolute Gasteiger partial charge is 0.204 e. The molecule has 0 amide bonds. The van der Waals surface area contributed by atoms with Gasteiger partial charge in [0, 0.05) is 5.56 Å². The summed E-state index contributed by atoms with van der Waals surface area (Å²) in [5.74, 6) is 1.18. The molecular weight excluding hydrogens is 226 g/mol. The summed E-state index contributed by atoms with van der Waals surface area (Å²) in [4.78, 5) is 1.67. The molecule has 0 aliphatic heterocycles. The van der Waals surface area contributed by atoms with E-state index in [1.54, 1.807) is 4.80 Å². The molecule has 96 valence electrons. The Balaban J connectivity index is 1.98. The largest absolute Gasteiger partial charge is 0.317 e. The molecule has 0 radical (unpaired) electrons. The Bertz CT molecular complexity index is 465. The molecule has 0 aliphatic rings. The van der Waals surface area contributed by atoms with Gasteiger partial charge in [-0.25, -0.2) is 0 Å². The third-order valence-corrected chi connectivity index (χ3v) is 2.70. The number of nitrogens with zero attached hydrogens (tertiary/aromatic N) is 4. The fraction of sp³-hybridized carbons (Fsp3) is 0.462. The number of hydrogen-bond acceptors (Lipinski definition) is 4. The number of aromatic nitrogens is 4. The first-order valence-electron chi connectivity index (χ1n) is 6.33. The summed E-state index contributed by atoms with van der Waals surface area (Å²) in [6, 6.07) is 9.91. The van der Waals surface area contributed by atoms with Crippen molar-refractivity contribution in [2.75, 3.05) is 13.1 Å². The van der Waals surface area contributed by atoms with Crippen LogP contribution in [0.25, 0.3) is 11.4 Å². The zero-order valence-electron chi connectivity index (χ0n) is 10.9. The van der Waals surface area contributed by atoms with Crippen molar-refractivity contribution in [3.8, 4) is 11.4 Å². The molecule has 0 saturated carbocycles. The van der Waals surface area contributed by atoms with Crippen LogP contribution in [0.5, 0.6) is 0 Å². The number of rotatable bonds is 6. The highest BCUT2D eigenvalue weighted by Crippen LogP contribution is 2.12. The topological polar surface area (TPSA) is 55.6 Å². The second kappa shape index (κ2) is 6.26. The van der Waals surface area contributed by atoms with Crippen LogP contribution in [-0.2, 0) is 6.54 Å². The summed E-state index contributed by atoms with van der Waals surface area (Å²) >= 11 is 0. The van der Waals surface area contributed by atoms with E-state index >= 15 is 0 Å². The normalized spacial score (nSPS) is 12.6. The number of benzene rings is 1. The van der Waals surface area contributed by atoms with Crippen LogP contribution in [0.1, 0.15) is 13.8 Å². The molecule has 0 spiro atoms. The number of hydrogen-bond donors (Lipinski definition) is 1. The Kier molecular flexibility index (Phi) is 4.41. The van der Waals surface area contributed by atoms with E-state index in [9.17, 15) is 0 Å². The fourth-order valence-corrected chi connectivity index (χ4v) is 1.76. The molecule has 1 N–H and O–H groups in total. The Labute approximate surface area is 107 Å². The van der Waals surface area contributed by atoms with Crippen molar-refractivity contribution in [2.24, 2.45) is 5.92 Å². The molecule has 1 aromatic carbocycles. The predicted octanol–water partition coefficient (Wildman–Crippen LogP) is 1.59. The Morgan fingerprint density at radius 1 is 1.28 bits per heavy atom. The minimum atomic E-state index is 0.489. The molecule has 0 saturated heterocycles. The first-order valence-corrected chi connectivity index (χ1v) is 6.33. The molecule has 2 aromatic rings. The number of tetrazole rings is 1. The van der Waals surface area contributed by atoms with Crippen LogP contribution in [0.4, 0.5) is 0 Å². The first kappa shape index (κ1) is 12.7. The van der Waals surface area contributed by atoms with Gasteiger partial charge in [0.1, 0.15) is 0 Å². The second-order valence-corrected chi connectivity index (χ2v) is 4.45. The maximum absolute atomic E-state index is 4.40. The van der Waals surface area contributed by atoms with Gasteiger partial charge in [0.05, 0.1) is 6.54 Å². The van der Waals surface area contributed by atoms with Crippen molar-refractivity contribution in [3.63, 3.8) is 0 Å². The monoisotopic (exact) mass is 245 g/mol. The van der Waals surface area contributed by atoms with Gasteiger partial charge in [0.25, 0.3) is 0 Å². The third kappa shape index (κ3) is 3.37. The molecule has 1 unspecified atom stereocenters. The van der Waals surface area contributed by atoms with E-state index in [-0.39, 0.29) is 0 Å². The summed E-state index contributed by atoms with van der Waals surface area (Å²) in [5, 5.41) is 15.9. The fourth-order valence-electron chi connectivity index (χ4n) is 1.76. The van der Waals surface area contributed by atoms with E-state index in [1.807, 2.05) is 30.3 Å². The molecule has 0 bridgehead atoms. The molecule has 18 heavy (non-hydrogen) atoms. The van der Waals surface area contributed by atoms with Gasteiger partial charge in [-0.2, -0.15) is 4.80 Å². The van der Waals surface area contributed by atoms with Gasteiger partial charge < -0.3 is 5.32 Å². The lowest BCUT2D eigenvalue weighted by Crippen LogP contribution is -2.24. The minimum absolute atomic E-state index is 0.489. The van der Waals surface area contributed by atoms with Crippen molar-refractivity contribution in [1.29, 1.82) is 0 Å². The second-order valence-electron chi connectivity index (χ2n) is 4.45. The zero-order valence-corrected chi connectivity index (χ0v) is 10.9. The summed E-state index contributed by atoms with van der Waals surface area (Å²) < 4.78 is 0. The van der Waals surface area contributed by atoms with Crippen LogP contribution in [-0.4, -0.2) is 33.3 Å². The van der Waals surface area contributed by atoms with Crippen molar-refractivity contribution >= 4 is 0 Å². The van der Waals surface area contributed by atoms with E-state index < -0.39 is 0 Å². The van der Waals surface area contributed by atoms with E-state index in [0.29, 0.717) is 11.7 Å². The highest BCUT2D eigenvalue weighted by atomic mass is 15.6. The van der Waals surface area contributed by atoms with Crippen LogP contribution >= 0.6 is 0 Å². The maximum atomic E-state index is 4.40. The highest BCUT2D eigenvalue weighted by Gasteiger charge is 2.08. The van der Waals surface area contributed by atoms with Crippen LogP contribution in [0, 0.1) is 5.92 Å². The van der Waals surface area contributed by atoms with Crippen molar-refractivity contribution in [2.45, 2.75) is 20.4 Å². The van der Waals surface area contributed by atoms with Gasteiger partial charge in [-0.1, -0.05) is 44.2 Å². The lowest BCUT2D eigenvalue weighted by molar-refractivity contribution is 0.390. The third-order valence-electron chi connectivity index (χ3n) is 2.70. The van der Waals surface area contributed by atoms with Crippen LogP contribution < -0.4 is 5.32 Å². The van der Waals surface area contributed by atoms with Crippen LogP contribution in [0.2, 0.25) is 0 Å². The van der Waals surface area contributed by atoms with E-state index in [4.69, 9.17) is 0 Å². The average Bonchev–Trinajstić information content (AvgIpc) is 2.86. The SMILES string of the molecule is CCNCC(C)Cn1nnc(-c2ccccc2)n1. The van der Waals surface area contributed by atoms with Gasteiger partial charge in [0.15, 0.2) is 0 Å². The zero-order chi connectivity index (χ0) is 12.8.